The minimum Gasteiger partial charge on any atom is -0.481 e. The molecule has 2 rings (SSSR count). The second-order valence-corrected chi connectivity index (χ2v) is 4.76. The Bertz CT molecular complexity index is 557. The van der Waals surface area contributed by atoms with Crippen LogP contribution in [-0.2, 0) is 11.2 Å². The lowest BCUT2D eigenvalue weighted by atomic mass is 10.1. The number of hydrogen-bond donors (Lipinski definition) is 1. The van der Waals surface area contributed by atoms with Gasteiger partial charge in [-0.3, -0.25) is 4.79 Å². The maximum Gasteiger partial charge on any atom is 0.303 e. The largest absolute Gasteiger partial charge is 0.481 e. The van der Waals surface area contributed by atoms with E-state index in [1.807, 2.05) is 32.0 Å². The molecule has 0 saturated carbocycles. The number of fused-ring (bicyclic) bond motifs is 1. The van der Waals surface area contributed by atoms with Crippen LogP contribution in [0.2, 0.25) is 0 Å². The van der Waals surface area contributed by atoms with Crippen molar-refractivity contribution >= 4 is 17.1 Å². The maximum absolute atomic E-state index is 10.5. The van der Waals surface area contributed by atoms with Gasteiger partial charge in [0.2, 0.25) is 0 Å². The molecule has 0 saturated heterocycles. The molecule has 1 N–H and O–H groups in total. The number of benzene rings is 1. The molecule has 1 aromatic carbocycles. The zero-order valence-corrected chi connectivity index (χ0v) is 10.6. The molecule has 0 atom stereocenters. The average Bonchev–Trinajstić information content (AvgIpc) is 2.71. The molecule has 0 amide bonds. The molecule has 0 bridgehead atoms. The zero-order valence-electron chi connectivity index (χ0n) is 10.6. The van der Waals surface area contributed by atoms with Gasteiger partial charge in [-0.05, 0) is 30.5 Å². The van der Waals surface area contributed by atoms with Crippen LogP contribution < -0.4 is 0 Å². The third-order valence-electron chi connectivity index (χ3n) is 2.82. The van der Waals surface area contributed by atoms with Crippen LogP contribution in [0, 0.1) is 0 Å². The molecule has 2 aromatic rings. The highest BCUT2D eigenvalue weighted by Gasteiger charge is 2.09. The van der Waals surface area contributed by atoms with E-state index in [1.54, 1.807) is 0 Å². The molecule has 0 spiro atoms. The smallest absolute Gasteiger partial charge is 0.303 e. The first-order valence-electron chi connectivity index (χ1n) is 6.17. The van der Waals surface area contributed by atoms with Crippen LogP contribution in [0.15, 0.2) is 22.6 Å². The van der Waals surface area contributed by atoms with E-state index in [9.17, 15) is 4.79 Å². The number of hydrogen-bond acceptors (Lipinski definition) is 3. The first-order chi connectivity index (χ1) is 8.56. The molecule has 4 nitrogen and oxygen atoms in total. The third-order valence-corrected chi connectivity index (χ3v) is 2.82. The van der Waals surface area contributed by atoms with Gasteiger partial charge in [0.1, 0.15) is 5.52 Å². The molecule has 1 aromatic heterocycles. The summed E-state index contributed by atoms with van der Waals surface area (Å²) in [5.41, 5.74) is 2.74. The van der Waals surface area contributed by atoms with Gasteiger partial charge in [0, 0.05) is 12.3 Å². The number of aryl methyl sites for hydroxylation is 1. The van der Waals surface area contributed by atoms with Gasteiger partial charge in [-0.1, -0.05) is 19.9 Å². The molecule has 0 aliphatic rings. The van der Waals surface area contributed by atoms with Gasteiger partial charge in [0.05, 0.1) is 0 Å². The average molecular weight is 247 g/mol. The standard InChI is InChI=1S/C14H17NO3/c1-9(2)14-15-11-7-6-10(8-12(11)18-14)4-3-5-13(16)17/h6-9H,3-5H2,1-2H3,(H,16,17). The summed E-state index contributed by atoms with van der Waals surface area (Å²) in [4.78, 5) is 14.9. The Morgan fingerprint density at radius 2 is 2.22 bits per heavy atom. The van der Waals surface area contributed by atoms with Crippen LogP contribution in [0.4, 0.5) is 0 Å². The van der Waals surface area contributed by atoms with E-state index in [0.29, 0.717) is 6.42 Å². The van der Waals surface area contributed by atoms with Crippen LogP contribution in [0.1, 0.15) is 44.1 Å². The SMILES string of the molecule is CC(C)c1nc2ccc(CCCC(=O)O)cc2o1. The third kappa shape index (κ3) is 2.88. The first-order valence-corrected chi connectivity index (χ1v) is 6.17. The van der Waals surface area contributed by atoms with Crippen LogP contribution in [0.3, 0.4) is 0 Å². The van der Waals surface area contributed by atoms with E-state index in [0.717, 1.165) is 29.0 Å². The van der Waals surface area contributed by atoms with Gasteiger partial charge in [-0.15, -0.1) is 0 Å². The quantitative estimate of drug-likeness (QED) is 0.879. The number of aromatic nitrogens is 1. The van der Waals surface area contributed by atoms with Gasteiger partial charge in [-0.25, -0.2) is 4.98 Å². The summed E-state index contributed by atoms with van der Waals surface area (Å²) in [6.07, 6.45) is 1.59. The normalized spacial score (nSPS) is 11.3. The Morgan fingerprint density at radius 1 is 1.44 bits per heavy atom. The molecule has 0 aliphatic heterocycles. The maximum atomic E-state index is 10.5. The van der Waals surface area contributed by atoms with E-state index in [4.69, 9.17) is 9.52 Å². The minimum absolute atomic E-state index is 0.200. The second-order valence-electron chi connectivity index (χ2n) is 4.76. The molecular formula is C14H17NO3. The van der Waals surface area contributed by atoms with Crippen molar-refractivity contribution in [2.75, 3.05) is 0 Å². The van der Waals surface area contributed by atoms with Crippen LogP contribution >= 0.6 is 0 Å². The van der Waals surface area contributed by atoms with E-state index < -0.39 is 5.97 Å². The van der Waals surface area contributed by atoms with Gasteiger partial charge < -0.3 is 9.52 Å². The lowest BCUT2D eigenvalue weighted by molar-refractivity contribution is -0.137. The Kier molecular flexibility index (Phi) is 3.65. The van der Waals surface area contributed by atoms with Crippen molar-refractivity contribution in [2.45, 2.75) is 39.0 Å². The number of nitrogens with zero attached hydrogens (tertiary/aromatic N) is 1. The zero-order chi connectivity index (χ0) is 13.1. The Morgan fingerprint density at radius 3 is 2.89 bits per heavy atom. The second kappa shape index (κ2) is 5.21. The Balaban J connectivity index is 2.14. The summed E-state index contributed by atoms with van der Waals surface area (Å²) >= 11 is 0. The van der Waals surface area contributed by atoms with Gasteiger partial charge >= 0.3 is 5.97 Å². The number of carboxylic acids is 1. The number of carbonyl (C=O) groups is 1. The summed E-state index contributed by atoms with van der Waals surface area (Å²) in [5, 5.41) is 8.60. The number of oxazole rings is 1. The lowest BCUT2D eigenvalue weighted by Gasteiger charge is -1.98. The number of aliphatic carboxylic acids is 1. The van der Waals surface area contributed by atoms with E-state index in [2.05, 4.69) is 4.98 Å². The Hall–Kier alpha value is -1.84. The molecule has 18 heavy (non-hydrogen) atoms. The molecule has 0 unspecified atom stereocenters. The molecule has 4 heteroatoms. The van der Waals surface area contributed by atoms with Gasteiger partial charge in [0.15, 0.2) is 11.5 Å². The van der Waals surface area contributed by atoms with Crippen molar-refractivity contribution in [1.29, 1.82) is 0 Å². The molecule has 0 fully saturated rings. The van der Waals surface area contributed by atoms with Gasteiger partial charge in [0.25, 0.3) is 0 Å². The van der Waals surface area contributed by atoms with Crippen molar-refractivity contribution in [3.05, 3.63) is 29.7 Å². The highest BCUT2D eigenvalue weighted by molar-refractivity contribution is 5.73. The lowest BCUT2D eigenvalue weighted by Crippen LogP contribution is -1.95. The predicted molar refractivity (Wildman–Crippen MR) is 68.7 cm³/mol. The van der Waals surface area contributed by atoms with Crippen molar-refractivity contribution in [2.24, 2.45) is 0 Å². The summed E-state index contributed by atoms with van der Waals surface area (Å²) in [6, 6.07) is 5.87. The summed E-state index contributed by atoms with van der Waals surface area (Å²) < 4.78 is 5.67. The van der Waals surface area contributed by atoms with E-state index >= 15 is 0 Å². The number of rotatable bonds is 5. The fraction of sp³-hybridized carbons (Fsp3) is 0.429. The van der Waals surface area contributed by atoms with E-state index in [-0.39, 0.29) is 12.3 Å². The monoisotopic (exact) mass is 247 g/mol. The van der Waals surface area contributed by atoms with Crippen LogP contribution in [0.5, 0.6) is 0 Å². The van der Waals surface area contributed by atoms with Crippen molar-refractivity contribution in [1.82, 2.24) is 4.98 Å². The molecule has 0 aliphatic carbocycles. The number of carboxylic acid groups (broad SMARTS) is 1. The predicted octanol–water partition coefficient (Wildman–Crippen LogP) is 3.36. The minimum atomic E-state index is -0.752. The summed E-state index contributed by atoms with van der Waals surface area (Å²) in [7, 11) is 0. The van der Waals surface area contributed by atoms with Crippen LogP contribution in [-0.4, -0.2) is 16.1 Å². The van der Waals surface area contributed by atoms with Gasteiger partial charge in [-0.2, -0.15) is 0 Å². The Labute approximate surface area is 106 Å². The van der Waals surface area contributed by atoms with E-state index in [1.165, 1.54) is 0 Å². The summed E-state index contributed by atoms with van der Waals surface area (Å²) in [5.74, 6) is 0.262. The summed E-state index contributed by atoms with van der Waals surface area (Å²) in [6.45, 7) is 4.08. The first kappa shape index (κ1) is 12.6. The molecule has 0 radical (unpaired) electrons. The highest BCUT2D eigenvalue weighted by atomic mass is 16.4. The highest BCUT2D eigenvalue weighted by Crippen LogP contribution is 2.22. The fourth-order valence-electron chi connectivity index (χ4n) is 1.83. The van der Waals surface area contributed by atoms with Crippen molar-refractivity contribution in [3.63, 3.8) is 0 Å². The van der Waals surface area contributed by atoms with Crippen molar-refractivity contribution < 1.29 is 14.3 Å². The fourth-order valence-corrected chi connectivity index (χ4v) is 1.83. The molecule has 1 heterocycles. The van der Waals surface area contributed by atoms with Crippen molar-refractivity contribution in [3.8, 4) is 0 Å². The van der Waals surface area contributed by atoms with Crippen LogP contribution in [0.25, 0.3) is 11.1 Å². The topological polar surface area (TPSA) is 63.3 Å². The molecule has 96 valence electrons. The molecular weight excluding hydrogens is 230 g/mol.